The second-order valence-corrected chi connectivity index (χ2v) is 12.7. The lowest BCUT2D eigenvalue weighted by molar-refractivity contribution is 0.681. The predicted octanol–water partition coefficient (Wildman–Crippen LogP) is 10.1. The van der Waals surface area contributed by atoms with E-state index in [0.29, 0.717) is 16.7 Å². The average molecular weight is 652 g/mol. The molecular weight excluding hydrogens is 623 g/mol. The first-order valence-electron chi connectivity index (χ1n) is 16.6. The first-order chi connectivity index (χ1) is 25.0. The fourth-order valence-electron chi connectivity index (χ4n) is 7.69. The van der Waals surface area contributed by atoms with Crippen molar-refractivity contribution < 1.29 is 0 Å². The molecule has 5 heteroatoms. The van der Waals surface area contributed by atoms with Crippen LogP contribution in [0.2, 0.25) is 0 Å². The number of nitriles is 3. The van der Waals surface area contributed by atoms with Crippen molar-refractivity contribution in [1.82, 2.24) is 4.57 Å². The number of hydrogen-bond donors (Lipinski definition) is 0. The molecule has 8 rings (SSSR count). The Bertz CT molecular complexity index is 2690. The monoisotopic (exact) mass is 651 g/mol. The highest BCUT2D eigenvalue weighted by Gasteiger charge is 2.39. The fourth-order valence-corrected chi connectivity index (χ4v) is 7.69. The molecule has 0 amide bonds. The third kappa shape index (κ3) is 5.10. The Balaban J connectivity index is 1.16. The molecule has 0 fully saturated rings. The van der Waals surface area contributed by atoms with Crippen molar-refractivity contribution in [2.75, 3.05) is 4.90 Å². The number of benzene rings is 5. The number of rotatable bonds is 5. The summed E-state index contributed by atoms with van der Waals surface area (Å²) < 4.78 is 2.19. The van der Waals surface area contributed by atoms with Gasteiger partial charge in [-0.15, -0.1) is 6.42 Å². The third-order valence-corrected chi connectivity index (χ3v) is 9.97. The highest BCUT2D eigenvalue weighted by atomic mass is 15.2. The molecule has 2 atom stereocenters. The molecule has 0 saturated heterocycles. The lowest BCUT2D eigenvalue weighted by atomic mass is 9.86. The van der Waals surface area contributed by atoms with Crippen LogP contribution < -0.4 is 4.90 Å². The highest BCUT2D eigenvalue weighted by molar-refractivity contribution is 6.10. The van der Waals surface area contributed by atoms with Gasteiger partial charge in [0.25, 0.3) is 0 Å². The van der Waals surface area contributed by atoms with Crippen LogP contribution in [-0.2, 0) is 0 Å². The molecule has 1 aliphatic heterocycles. The van der Waals surface area contributed by atoms with Crippen LogP contribution in [0.3, 0.4) is 0 Å². The Kier molecular flexibility index (Phi) is 7.67. The average Bonchev–Trinajstić information content (AvgIpc) is 3.67. The smallest absolute Gasteiger partial charge is 0.100 e. The minimum absolute atomic E-state index is 0.0473. The van der Waals surface area contributed by atoms with E-state index in [4.69, 9.17) is 6.42 Å². The number of terminal acetylenes is 1. The van der Waals surface area contributed by atoms with Gasteiger partial charge in [-0.25, -0.2) is 0 Å². The fraction of sp³-hybridized carbons (Fsp3) is 0.0652. The lowest BCUT2D eigenvalue weighted by Crippen LogP contribution is -2.32. The second kappa shape index (κ2) is 12.6. The molecule has 2 heterocycles. The molecule has 0 bridgehead atoms. The van der Waals surface area contributed by atoms with Crippen LogP contribution in [0.4, 0.5) is 5.69 Å². The summed E-state index contributed by atoms with van der Waals surface area (Å²) >= 11 is 0. The van der Waals surface area contributed by atoms with Gasteiger partial charge in [-0.1, -0.05) is 90.9 Å². The number of aromatic nitrogens is 1. The van der Waals surface area contributed by atoms with Gasteiger partial charge in [0, 0.05) is 39.7 Å². The quantitative estimate of drug-likeness (QED) is 0.137. The highest BCUT2D eigenvalue weighted by Crippen LogP contribution is 2.44. The zero-order valence-corrected chi connectivity index (χ0v) is 27.7. The minimum Gasteiger partial charge on any atom is -0.337 e. The van der Waals surface area contributed by atoms with Crippen molar-refractivity contribution in [2.45, 2.75) is 13.0 Å². The molecule has 5 nitrogen and oxygen atoms in total. The summed E-state index contributed by atoms with van der Waals surface area (Å²) in [6.07, 6.45) is 15.5. The van der Waals surface area contributed by atoms with E-state index in [1.807, 2.05) is 54.6 Å². The van der Waals surface area contributed by atoms with Gasteiger partial charge in [-0.05, 0) is 77.7 Å². The second-order valence-electron chi connectivity index (χ2n) is 12.7. The predicted molar refractivity (Wildman–Crippen MR) is 204 cm³/mol. The summed E-state index contributed by atoms with van der Waals surface area (Å²) in [4.78, 5) is 2.29. The zero-order valence-electron chi connectivity index (χ0n) is 27.7. The van der Waals surface area contributed by atoms with Gasteiger partial charge in [0.05, 0.1) is 51.6 Å². The lowest BCUT2D eigenvalue weighted by Gasteiger charge is -2.30. The Morgan fingerprint density at radius 3 is 2.08 bits per heavy atom. The molecule has 5 aromatic carbocycles. The summed E-state index contributed by atoms with van der Waals surface area (Å²) in [5.74, 6) is 2.58. The van der Waals surface area contributed by atoms with E-state index in [1.54, 1.807) is 6.08 Å². The molecular formula is C46H29N5. The van der Waals surface area contributed by atoms with Crippen LogP contribution >= 0.6 is 0 Å². The molecule has 0 N–H and O–H groups in total. The summed E-state index contributed by atoms with van der Waals surface area (Å²) in [6, 6.07) is 43.8. The van der Waals surface area contributed by atoms with Crippen molar-refractivity contribution in [1.29, 1.82) is 15.8 Å². The van der Waals surface area contributed by atoms with Crippen LogP contribution in [0.25, 0.3) is 49.7 Å². The molecule has 2 aliphatic rings. The Morgan fingerprint density at radius 2 is 1.35 bits per heavy atom. The zero-order chi connectivity index (χ0) is 35.1. The van der Waals surface area contributed by atoms with E-state index in [-0.39, 0.29) is 12.0 Å². The molecule has 1 aliphatic carbocycles. The van der Waals surface area contributed by atoms with Gasteiger partial charge in [0.1, 0.15) is 6.07 Å². The molecule has 0 spiro atoms. The number of hydrogen-bond acceptors (Lipinski definition) is 4. The maximum Gasteiger partial charge on any atom is 0.100 e. The molecule has 0 radical (unpaired) electrons. The van der Waals surface area contributed by atoms with Crippen molar-refractivity contribution >= 4 is 27.5 Å². The van der Waals surface area contributed by atoms with Gasteiger partial charge >= 0.3 is 0 Å². The van der Waals surface area contributed by atoms with E-state index in [2.05, 4.69) is 119 Å². The number of para-hydroxylation sites is 1. The Morgan fingerprint density at radius 1 is 0.706 bits per heavy atom. The molecule has 1 aromatic heterocycles. The Hall–Kier alpha value is -7.31. The van der Waals surface area contributed by atoms with Gasteiger partial charge in [-0.3, -0.25) is 0 Å². The minimum atomic E-state index is 0.0473. The normalized spacial score (nSPS) is 16.5. The Labute approximate surface area is 296 Å². The molecule has 51 heavy (non-hydrogen) atoms. The van der Waals surface area contributed by atoms with E-state index in [1.165, 1.54) is 0 Å². The maximum absolute atomic E-state index is 9.89. The van der Waals surface area contributed by atoms with Crippen LogP contribution in [-0.4, -0.2) is 10.6 Å². The van der Waals surface area contributed by atoms with Crippen molar-refractivity contribution in [3.05, 3.63) is 168 Å². The first kappa shape index (κ1) is 31.0. The van der Waals surface area contributed by atoms with Gasteiger partial charge in [0.15, 0.2) is 0 Å². The van der Waals surface area contributed by atoms with Crippen LogP contribution in [0.5, 0.6) is 0 Å². The van der Waals surface area contributed by atoms with Crippen LogP contribution in [0.1, 0.15) is 18.1 Å². The van der Waals surface area contributed by atoms with E-state index < -0.39 is 0 Å². The molecule has 2 unspecified atom stereocenters. The molecule has 0 saturated carbocycles. The topological polar surface area (TPSA) is 79.5 Å². The van der Waals surface area contributed by atoms with Gasteiger partial charge in [-0.2, -0.15) is 15.8 Å². The van der Waals surface area contributed by atoms with Crippen molar-refractivity contribution in [2.24, 2.45) is 5.92 Å². The SMILES string of the molecule is C#C/C=C(/C#N)C1=C(C)N(c2ccc(-c3ccc(-c4ccc(C#N)cc4-n4c5ccccc5c5cc(C#N)ccc54)cc3)cc2)C2C=CC=CC12. The number of fused-ring (bicyclic) bond motifs is 4. The molecule has 238 valence electrons. The standard InChI is InChI=1S/C46H29N5/c1-3-8-36(29-49)46-30(2)50(43-12-7-5-10-40(43)46)37-21-19-34(20-22-37)33-15-17-35(18-16-33)38-23-13-32(28-48)26-45(38)51-42-11-6-4-9-39(42)41-25-31(27-47)14-24-44(41)51/h1,4-26,40,43H,2H3/b36-8-. The number of anilines is 1. The van der Waals surface area contributed by atoms with E-state index in [0.717, 1.165) is 66.7 Å². The summed E-state index contributed by atoms with van der Waals surface area (Å²) in [5, 5.41) is 31.4. The number of allylic oxidation sites excluding steroid dienone is 5. The van der Waals surface area contributed by atoms with Crippen LogP contribution in [0, 0.1) is 52.3 Å². The van der Waals surface area contributed by atoms with E-state index >= 15 is 0 Å². The van der Waals surface area contributed by atoms with Crippen molar-refractivity contribution in [3.63, 3.8) is 0 Å². The largest absolute Gasteiger partial charge is 0.337 e. The van der Waals surface area contributed by atoms with Crippen LogP contribution in [0.15, 0.2) is 156 Å². The van der Waals surface area contributed by atoms with Gasteiger partial charge < -0.3 is 9.47 Å². The summed E-state index contributed by atoms with van der Waals surface area (Å²) in [6.45, 7) is 2.06. The summed E-state index contributed by atoms with van der Waals surface area (Å²) in [7, 11) is 0. The maximum atomic E-state index is 9.89. The van der Waals surface area contributed by atoms with Gasteiger partial charge in [0.2, 0.25) is 0 Å². The third-order valence-electron chi connectivity index (χ3n) is 9.97. The first-order valence-corrected chi connectivity index (χ1v) is 16.6. The number of nitrogens with zero attached hydrogens (tertiary/aromatic N) is 5. The van der Waals surface area contributed by atoms with Crippen molar-refractivity contribution in [3.8, 4) is 58.5 Å². The van der Waals surface area contributed by atoms with E-state index in [9.17, 15) is 15.8 Å². The summed E-state index contributed by atoms with van der Waals surface area (Å²) in [5.41, 5.74) is 11.8. The molecule has 6 aromatic rings.